The maximum absolute atomic E-state index is 13.3. The van der Waals surface area contributed by atoms with Crippen LogP contribution in [0, 0.1) is 12.7 Å². The molecule has 1 fully saturated rings. The number of carbonyl (C=O) groups excluding carboxylic acids is 1. The van der Waals surface area contributed by atoms with Crippen LogP contribution in [0.25, 0.3) is 16.7 Å². The molecule has 0 bridgehead atoms. The molecule has 1 amide bonds. The molecule has 0 spiro atoms. The lowest BCUT2D eigenvalue weighted by molar-refractivity contribution is 0.0746. The van der Waals surface area contributed by atoms with E-state index in [1.807, 2.05) is 30.0 Å². The van der Waals surface area contributed by atoms with Crippen molar-refractivity contribution in [1.82, 2.24) is 19.7 Å². The van der Waals surface area contributed by atoms with E-state index >= 15 is 0 Å². The van der Waals surface area contributed by atoms with E-state index < -0.39 is 0 Å². The van der Waals surface area contributed by atoms with Crippen molar-refractivity contribution in [3.63, 3.8) is 0 Å². The molecule has 4 aromatic rings. The predicted molar refractivity (Wildman–Crippen MR) is 123 cm³/mol. The highest BCUT2D eigenvalue weighted by molar-refractivity contribution is 6.38. The van der Waals surface area contributed by atoms with Gasteiger partial charge in [-0.3, -0.25) is 4.79 Å². The lowest BCUT2D eigenvalue weighted by atomic mass is 10.1. The minimum absolute atomic E-state index is 0.133. The molecule has 0 radical (unpaired) electrons. The van der Waals surface area contributed by atoms with Crippen LogP contribution in [-0.2, 0) is 0 Å². The second-order valence-electron chi connectivity index (χ2n) is 7.77. The molecule has 8 heteroatoms. The fraction of sp³-hybridized carbons (Fsp3) is 0.208. The summed E-state index contributed by atoms with van der Waals surface area (Å²) in [6, 6.07) is 16.2. The molecule has 0 atom stereocenters. The number of amides is 1. The zero-order valence-corrected chi connectivity index (χ0v) is 18.3. The number of piperazine rings is 1. The van der Waals surface area contributed by atoms with Crippen molar-refractivity contribution in [2.45, 2.75) is 6.92 Å². The average Bonchev–Trinajstić information content (AvgIpc) is 3.17. The van der Waals surface area contributed by atoms with Crippen LogP contribution >= 0.6 is 11.6 Å². The number of carbonyl (C=O) groups is 1. The predicted octanol–water partition coefficient (Wildman–Crippen LogP) is 4.48. The van der Waals surface area contributed by atoms with Crippen molar-refractivity contribution in [2.75, 3.05) is 31.1 Å². The largest absolute Gasteiger partial charge is 0.368 e. The van der Waals surface area contributed by atoms with E-state index in [1.165, 1.54) is 18.3 Å². The number of fused-ring (bicyclic) bond motifs is 1. The first-order chi connectivity index (χ1) is 15.5. The van der Waals surface area contributed by atoms with E-state index in [0.29, 0.717) is 46.1 Å². The molecule has 1 saturated heterocycles. The lowest BCUT2D eigenvalue weighted by Crippen LogP contribution is -2.48. The maximum Gasteiger partial charge on any atom is 0.257 e. The van der Waals surface area contributed by atoms with Crippen LogP contribution in [0.1, 0.15) is 16.1 Å². The zero-order chi connectivity index (χ0) is 22.2. The van der Waals surface area contributed by atoms with Crippen molar-refractivity contribution < 1.29 is 9.18 Å². The number of aromatic nitrogens is 3. The monoisotopic (exact) mass is 449 g/mol. The summed E-state index contributed by atoms with van der Waals surface area (Å²) in [4.78, 5) is 21.8. The van der Waals surface area contributed by atoms with Crippen LogP contribution in [0.4, 0.5) is 10.1 Å². The van der Waals surface area contributed by atoms with Crippen LogP contribution in [0.15, 0.2) is 60.8 Å². The number of aryl methyl sites for hydroxylation is 1. The quantitative estimate of drug-likeness (QED) is 0.462. The van der Waals surface area contributed by atoms with Gasteiger partial charge in [-0.1, -0.05) is 29.8 Å². The van der Waals surface area contributed by atoms with E-state index in [0.717, 1.165) is 18.8 Å². The van der Waals surface area contributed by atoms with Crippen molar-refractivity contribution >= 4 is 34.2 Å². The zero-order valence-electron chi connectivity index (χ0n) is 17.5. The SMILES string of the molecule is Cc1nn(-c2ccc(F)cc2)c2ncc(C(=O)N3CCN(c4ccccc4)CC3)c(Cl)c12. The van der Waals surface area contributed by atoms with Gasteiger partial charge in [0, 0.05) is 38.1 Å². The fourth-order valence-corrected chi connectivity index (χ4v) is 4.45. The summed E-state index contributed by atoms with van der Waals surface area (Å²) in [5, 5.41) is 5.50. The molecule has 0 saturated carbocycles. The van der Waals surface area contributed by atoms with Crippen LogP contribution in [-0.4, -0.2) is 51.8 Å². The van der Waals surface area contributed by atoms with Gasteiger partial charge in [-0.05, 0) is 43.3 Å². The van der Waals surface area contributed by atoms with Crippen molar-refractivity contribution in [2.24, 2.45) is 0 Å². The molecule has 6 nitrogen and oxygen atoms in total. The van der Waals surface area contributed by atoms with E-state index in [-0.39, 0.29) is 11.7 Å². The Balaban J connectivity index is 1.41. The van der Waals surface area contributed by atoms with Gasteiger partial charge >= 0.3 is 0 Å². The average molecular weight is 450 g/mol. The summed E-state index contributed by atoms with van der Waals surface area (Å²) in [7, 11) is 0. The Bertz CT molecular complexity index is 1280. The summed E-state index contributed by atoms with van der Waals surface area (Å²) < 4.78 is 14.9. The normalized spacial score (nSPS) is 14.2. The van der Waals surface area contributed by atoms with E-state index in [2.05, 4.69) is 27.1 Å². The van der Waals surface area contributed by atoms with Crippen LogP contribution in [0.2, 0.25) is 5.02 Å². The molecule has 2 aromatic carbocycles. The van der Waals surface area contributed by atoms with Gasteiger partial charge in [0.2, 0.25) is 0 Å². The molecule has 3 heterocycles. The Hall–Kier alpha value is -3.45. The van der Waals surface area contributed by atoms with E-state index in [9.17, 15) is 9.18 Å². The number of para-hydroxylation sites is 1. The highest BCUT2D eigenvalue weighted by atomic mass is 35.5. The van der Waals surface area contributed by atoms with Gasteiger partial charge in [-0.25, -0.2) is 14.1 Å². The number of pyridine rings is 1. The van der Waals surface area contributed by atoms with Crippen LogP contribution in [0.5, 0.6) is 0 Å². The number of hydrogen-bond donors (Lipinski definition) is 0. The molecule has 0 unspecified atom stereocenters. The standard InChI is InChI=1S/C24H21ClFN5O/c1-16-21-22(25)20(15-27-23(21)31(28-16)19-9-7-17(26)8-10-19)24(32)30-13-11-29(12-14-30)18-5-3-2-4-6-18/h2-10,15H,11-14H2,1H3. The van der Waals surface area contributed by atoms with Gasteiger partial charge in [-0.2, -0.15) is 5.10 Å². The minimum atomic E-state index is -0.326. The number of anilines is 1. The molecule has 1 aliphatic rings. The first-order valence-electron chi connectivity index (χ1n) is 10.4. The number of hydrogen-bond acceptors (Lipinski definition) is 4. The third kappa shape index (κ3) is 3.58. The smallest absolute Gasteiger partial charge is 0.257 e. The summed E-state index contributed by atoms with van der Waals surface area (Å²) in [5.41, 5.74) is 3.39. The van der Waals surface area contributed by atoms with Gasteiger partial charge < -0.3 is 9.80 Å². The Kier molecular flexibility index (Phi) is 5.27. The molecule has 5 rings (SSSR count). The van der Waals surface area contributed by atoms with Crippen molar-refractivity contribution in [3.8, 4) is 5.69 Å². The highest BCUT2D eigenvalue weighted by Gasteiger charge is 2.26. The van der Waals surface area contributed by atoms with E-state index in [1.54, 1.807) is 16.8 Å². The van der Waals surface area contributed by atoms with Gasteiger partial charge in [-0.15, -0.1) is 0 Å². The molecule has 2 aromatic heterocycles. The third-order valence-electron chi connectivity index (χ3n) is 5.80. The number of benzene rings is 2. The molecule has 1 aliphatic heterocycles. The maximum atomic E-state index is 13.3. The Labute approximate surface area is 189 Å². The lowest BCUT2D eigenvalue weighted by Gasteiger charge is -2.36. The third-order valence-corrected chi connectivity index (χ3v) is 6.19. The molecule has 0 N–H and O–H groups in total. The molecular formula is C24H21ClFN5O. The molecular weight excluding hydrogens is 429 g/mol. The first-order valence-corrected chi connectivity index (χ1v) is 10.8. The van der Waals surface area contributed by atoms with Crippen molar-refractivity contribution in [1.29, 1.82) is 0 Å². The Morgan fingerprint density at radius 1 is 0.969 bits per heavy atom. The van der Waals surface area contributed by atoms with Crippen LogP contribution in [0.3, 0.4) is 0 Å². The van der Waals surface area contributed by atoms with Gasteiger partial charge in [0.25, 0.3) is 5.91 Å². The highest BCUT2D eigenvalue weighted by Crippen LogP contribution is 2.31. The fourth-order valence-electron chi connectivity index (χ4n) is 4.10. The number of nitrogens with zero attached hydrogens (tertiary/aromatic N) is 5. The van der Waals surface area contributed by atoms with E-state index in [4.69, 9.17) is 11.6 Å². The van der Waals surface area contributed by atoms with Crippen molar-refractivity contribution in [3.05, 3.63) is 82.9 Å². The Morgan fingerprint density at radius 2 is 1.66 bits per heavy atom. The summed E-state index contributed by atoms with van der Waals surface area (Å²) in [6.45, 7) is 4.55. The van der Waals surface area contributed by atoms with Gasteiger partial charge in [0.15, 0.2) is 5.65 Å². The first kappa shape index (κ1) is 20.5. The molecule has 162 valence electrons. The number of rotatable bonds is 3. The Morgan fingerprint density at radius 3 is 2.34 bits per heavy atom. The van der Waals surface area contributed by atoms with Gasteiger partial charge in [0.1, 0.15) is 5.82 Å². The second-order valence-corrected chi connectivity index (χ2v) is 8.15. The molecule has 0 aliphatic carbocycles. The van der Waals surface area contributed by atoms with Crippen LogP contribution < -0.4 is 4.90 Å². The summed E-state index contributed by atoms with van der Waals surface area (Å²) in [6.07, 6.45) is 1.51. The summed E-state index contributed by atoms with van der Waals surface area (Å²) >= 11 is 6.70. The number of halogens is 2. The second kappa shape index (κ2) is 8.24. The summed E-state index contributed by atoms with van der Waals surface area (Å²) in [5.74, 6) is -0.459. The minimum Gasteiger partial charge on any atom is -0.368 e. The van der Waals surface area contributed by atoms with Gasteiger partial charge in [0.05, 0.1) is 27.4 Å². The topological polar surface area (TPSA) is 54.3 Å². The molecule has 32 heavy (non-hydrogen) atoms.